The Morgan fingerprint density at radius 1 is 1.04 bits per heavy atom. The zero-order chi connectivity index (χ0) is 19.8. The van der Waals surface area contributed by atoms with Crippen molar-refractivity contribution in [1.29, 1.82) is 0 Å². The second-order valence-electron chi connectivity index (χ2n) is 8.95. The summed E-state index contributed by atoms with van der Waals surface area (Å²) in [6.45, 7) is 13.7. The van der Waals surface area contributed by atoms with Crippen molar-refractivity contribution in [2.75, 3.05) is 0 Å². The minimum Gasteiger partial charge on any atom is -0.387 e. The van der Waals surface area contributed by atoms with Gasteiger partial charge in [0.1, 0.15) is 0 Å². The summed E-state index contributed by atoms with van der Waals surface area (Å²) in [5, 5.41) is 11.7. The molecule has 2 aromatic rings. The van der Waals surface area contributed by atoms with Gasteiger partial charge in [-0.1, -0.05) is 90.4 Å². The minimum atomic E-state index is -0.483. The number of fused-ring (bicyclic) bond motifs is 3. The average Bonchev–Trinajstić information content (AvgIpc) is 2.71. The number of aliphatic hydroxyl groups is 1. The fraction of sp³-hybridized carbons (Fsp3) is 0.538. The molecule has 3 rings (SSSR count). The Balaban J connectivity index is 2.24. The first-order valence-corrected chi connectivity index (χ1v) is 10.8. The number of aliphatic hydroxyl groups excluding tert-OH is 1. The number of benzene rings is 2. The van der Waals surface area contributed by atoms with Gasteiger partial charge in [-0.2, -0.15) is 0 Å². The van der Waals surface area contributed by atoms with E-state index in [9.17, 15) is 5.11 Å². The van der Waals surface area contributed by atoms with E-state index in [-0.39, 0.29) is 10.8 Å². The fourth-order valence-electron chi connectivity index (χ4n) is 5.22. The van der Waals surface area contributed by atoms with Crippen LogP contribution in [0.1, 0.15) is 95.9 Å². The summed E-state index contributed by atoms with van der Waals surface area (Å²) in [7, 11) is 0. The first kappa shape index (κ1) is 20.1. The van der Waals surface area contributed by atoms with Gasteiger partial charge in [-0.25, -0.2) is 0 Å². The van der Waals surface area contributed by atoms with Crippen LogP contribution < -0.4 is 0 Å². The van der Waals surface area contributed by atoms with Crippen LogP contribution >= 0.6 is 0 Å². The maximum Gasteiger partial charge on any atom is 0.0895 e. The van der Waals surface area contributed by atoms with Gasteiger partial charge in [-0.05, 0) is 58.4 Å². The largest absolute Gasteiger partial charge is 0.387 e. The van der Waals surface area contributed by atoms with E-state index in [1.54, 1.807) is 0 Å². The molecule has 27 heavy (non-hydrogen) atoms. The number of hydrogen-bond acceptors (Lipinski definition) is 1. The van der Waals surface area contributed by atoms with E-state index in [0.29, 0.717) is 5.92 Å². The van der Waals surface area contributed by atoms with Crippen molar-refractivity contribution in [3.05, 3.63) is 59.2 Å². The van der Waals surface area contributed by atoms with Gasteiger partial charge in [0.2, 0.25) is 0 Å². The van der Waals surface area contributed by atoms with E-state index in [4.69, 9.17) is 0 Å². The molecular weight excluding hydrogens is 328 g/mol. The molecule has 0 aliphatic heterocycles. The van der Waals surface area contributed by atoms with Crippen molar-refractivity contribution in [3.63, 3.8) is 0 Å². The SMILES string of the molecule is CCCC(C)c1ccc2c(c1)-c1ccccc1C(C)(C(C)(CC)CC)C2O. The molecule has 1 aliphatic carbocycles. The van der Waals surface area contributed by atoms with Crippen molar-refractivity contribution in [1.82, 2.24) is 0 Å². The zero-order valence-corrected chi connectivity index (χ0v) is 18.0. The number of hydrogen-bond donors (Lipinski definition) is 1. The van der Waals surface area contributed by atoms with Gasteiger partial charge in [0.05, 0.1) is 6.10 Å². The van der Waals surface area contributed by atoms with Crippen LogP contribution in [0.15, 0.2) is 42.5 Å². The van der Waals surface area contributed by atoms with E-state index < -0.39 is 6.10 Å². The van der Waals surface area contributed by atoms with Crippen LogP contribution in [0.2, 0.25) is 0 Å². The molecule has 146 valence electrons. The summed E-state index contributed by atoms with van der Waals surface area (Å²) < 4.78 is 0. The molecule has 0 bridgehead atoms. The Bertz CT molecular complexity index is 802. The van der Waals surface area contributed by atoms with Crippen molar-refractivity contribution in [2.24, 2.45) is 5.41 Å². The standard InChI is InChI=1S/C26H36O/c1-7-12-18(4)19-15-16-21-22(17-19)20-13-10-11-14-23(20)26(6,24(21)27)25(5,8-2)9-3/h10-11,13-18,24,27H,7-9,12H2,1-6H3. The Morgan fingerprint density at radius 3 is 2.33 bits per heavy atom. The first-order chi connectivity index (χ1) is 12.8. The quantitative estimate of drug-likeness (QED) is 0.566. The van der Waals surface area contributed by atoms with Gasteiger partial charge in [0.25, 0.3) is 0 Å². The highest BCUT2D eigenvalue weighted by atomic mass is 16.3. The zero-order valence-electron chi connectivity index (χ0n) is 18.0. The highest BCUT2D eigenvalue weighted by Gasteiger charge is 2.52. The lowest BCUT2D eigenvalue weighted by atomic mass is 9.52. The van der Waals surface area contributed by atoms with Gasteiger partial charge in [0.15, 0.2) is 0 Å². The topological polar surface area (TPSA) is 20.2 Å². The lowest BCUT2D eigenvalue weighted by Gasteiger charge is -2.52. The number of rotatable bonds is 6. The second kappa shape index (κ2) is 7.43. The van der Waals surface area contributed by atoms with E-state index in [2.05, 4.69) is 84.0 Å². The Labute approximate surface area is 165 Å². The van der Waals surface area contributed by atoms with Gasteiger partial charge < -0.3 is 5.11 Å². The van der Waals surface area contributed by atoms with Crippen LogP contribution in [0.25, 0.3) is 11.1 Å². The molecule has 0 saturated heterocycles. The molecule has 1 N–H and O–H groups in total. The molecule has 1 aliphatic rings. The van der Waals surface area contributed by atoms with Crippen LogP contribution in [0.5, 0.6) is 0 Å². The predicted molar refractivity (Wildman–Crippen MR) is 116 cm³/mol. The summed E-state index contributed by atoms with van der Waals surface area (Å²) in [5.41, 5.74) is 6.05. The third-order valence-corrected chi connectivity index (χ3v) is 7.80. The third-order valence-electron chi connectivity index (χ3n) is 7.80. The average molecular weight is 365 g/mol. The smallest absolute Gasteiger partial charge is 0.0895 e. The van der Waals surface area contributed by atoms with Crippen molar-refractivity contribution < 1.29 is 5.11 Å². The molecule has 0 saturated carbocycles. The normalized spacial score (nSPS) is 22.9. The highest BCUT2D eigenvalue weighted by Crippen LogP contribution is 2.59. The monoisotopic (exact) mass is 364 g/mol. The molecule has 1 heteroatoms. The van der Waals surface area contributed by atoms with Crippen molar-refractivity contribution in [2.45, 2.75) is 84.7 Å². The van der Waals surface area contributed by atoms with Crippen LogP contribution in [-0.2, 0) is 5.41 Å². The third kappa shape index (κ3) is 2.95. The molecule has 0 aromatic heterocycles. The maximum atomic E-state index is 11.7. The summed E-state index contributed by atoms with van der Waals surface area (Å²) in [6, 6.07) is 15.5. The predicted octanol–water partition coefficient (Wildman–Crippen LogP) is 7.39. The molecule has 0 spiro atoms. The summed E-state index contributed by atoms with van der Waals surface area (Å²) >= 11 is 0. The molecule has 0 radical (unpaired) electrons. The Morgan fingerprint density at radius 2 is 1.70 bits per heavy atom. The van der Waals surface area contributed by atoms with E-state index >= 15 is 0 Å². The summed E-state index contributed by atoms with van der Waals surface area (Å²) in [5.74, 6) is 0.550. The molecule has 0 amide bonds. The highest BCUT2D eigenvalue weighted by molar-refractivity contribution is 5.77. The summed E-state index contributed by atoms with van der Waals surface area (Å²) in [6.07, 6.45) is 4.01. The molecule has 3 unspecified atom stereocenters. The minimum absolute atomic E-state index is 0.0361. The van der Waals surface area contributed by atoms with Crippen LogP contribution in [0.4, 0.5) is 0 Å². The molecule has 0 heterocycles. The van der Waals surface area contributed by atoms with Crippen molar-refractivity contribution >= 4 is 0 Å². The van der Waals surface area contributed by atoms with Gasteiger partial charge in [0, 0.05) is 5.41 Å². The molecule has 3 atom stereocenters. The second-order valence-corrected chi connectivity index (χ2v) is 8.95. The van der Waals surface area contributed by atoms with Gasteiger partial charge in [-0.3, -0.25) is 0 Å². The molecule has 2 aromatic carbocycles. The lowest BCUT2D eigenvalue weighted by Crippen LogP contribution is -2.47. The van der Waals surface area contributed by atoms with Crippen LogP contribution in [0.3, 0.4) is 0 Å². The van der Waals surface area contributed by atoms with Crippen molar-refractivity contribution in [3.8, 4) is 11.1 Å². The first-order valence-electron chi connectivity index (χ1n) is 10.8. The maximum absolute atomic E-state index is 11.7. The lowest BCUT2D eigenvalue weighted by molar-refractivity contribution is -0.00608. The van der Waals surface area contributed by atoms with Crippen LogP contribution in [0, 0.1) is 5.41 Å². The Kier molecular flexibility index (Phi) is 5.54. The van der Waals surface area contributed by atoms with E-state index in [1.807, 2.05) is 0 Å². The Hall–Kier alpha value is -1.60. The van der Waals surface area contributed by atoms with Gasteiger partial charge in [-0.15, -0.1) is 0 Å². The summed E-state index contributed by atoms with van der Waals surface area (Å²) in [4.78, 5) is 0. The fourth-order valence-corrected chi connectivity index (χ4v) is 5.22. The van der Waals surface area contributed by atoms with E-state index in [1.165, 1.54) is 35.1 Å². The van der Waals surface area contributed by atoms with Crippen LogP contribution in [-0.4, -0.2) is 5.11 Å². The molecule has 1 nitrogen and oxygen atoms in total. The molecular formula is C26H36O. The van der Waals surface area contributed by atoms with Gasteiger partial charge >= 0.3 is 0 Å². The molecule has 0 fully saturated rings. The van der Waals surface area contributed by atoms with E-state index in [0.717, 1.165) is 18.4 Å².